The Hall–Kier alpha value is -2.49. The van der Waals surface area contributed by atoms with E-state index in [1.165, 1.54) is 5.56 Å². The standard InChI is InChI=1S/C20H25NO3/c1-4-12-24-18-11-10-17(13-19(18)23-5-2)20(22)21-14-16-8-6-15(3)7-9-16/h6-11,13H,4-5,12,14H2,1-3H3,(H,21,22). The molecule has 0 atom stereocenters. The Balaban J connectivity index is 2.05. The van der Waals surface area contributed by atoms with Gasteiger partial charge in [0.1, 0.15) is 0 Å². The van der Waals surface area contributed by atoms with Crippen molar-refractivity contribution in [3.63, 3.8) is 0 Å². The molecule has 0 saturated carbocycles. The zero-order chi connectivity index (χ0) is 17.4. The first kappa shape index (κ1) is 17.9. The van der Waals surface area contributed by atoms with Gasteiger partial charge in [0.05, 0.1) is 13.2 Å². The summed E-state index contributed by atoms with van der Waals surface area (Å²) in [6, 6.07) is 13.4. The molecule has 0 aliphatic carbocycles. The molecule has 0 saturated heterocycles. The third-order valence-corrected chi connectivity index (χ3v) is 3.54. The molecule has 0 spiro atoms. The number of aryl methyl sites for hydroxylation is 1. The fourth-order valence-electron chi connectivity index (χ4n) is 2.24. The number of rotatable bonds is 8. The molecule has 4 heteroatoms. The van der Waals surface area contributed by atoms with Crippen LogP contribution in [-0.2, 0) is 6.54 Å². The minimum atomic E-state index is -0.126. The first-order valence-electron chi connectivity index (χ1n) is 8.37. The number of benzene rings is 2. The smallest absolute Gasteiger partial charge is 0.251 e. The fourth-order valence-corrected chi connectivity index (χ4v) is 2.24. The van der Waals surface area contributed by atoms with E-state index in [0.717, 1.165) is 12.0 Å². The molecule has 4 nitrogen and oxygen atoms in total. The Kier molecular flexibility index (Phi) is 6.67. The number of carbonyl (C=O) groups is 1. The van der Waals surface area contributed by atoms with Crippen LogP contribution in [0.25, 0.3) is 0 Å². The van der Waals surface area contributed by atoms with E-state index in [9.17, 15) is 4.79 Å². The zero-order valence-corrected chi connectivity index (χ0v) is 14.6. The first-order chi connectivity index (χ1) is 11.6. The van der Waals surface area contributed by atoms with Crippen molar-refractivity contribution in [2.45, 2.75) is 33.7 Å². The molecular weight excluding hydrogens is 302 g/mol. The molecule has 2 aromatic carbocycles. The van der Waals surface area contributed by atoms with Gasteiger partial charge in [-0.3, -0.25) is 4.79 Å². The summed E-state index contributed by atoms with van der Waals surface area (Å²) < 4.78 is 11.3. The fraction of sp³-hybridized carbons (Fsp3) is 0.350. The largest absolute Gasteiger partial charge is 0.490 e. The third-order valence-electron chi connectivity index (χ3n) is 3.54. The van der Waals surface area contributed by atoms with Gasteiger partial charge in [0.15, 0.2) is 11.5 Å². The highest BCUT2D eigenvalue weighted by molar-refractivity contribution is 5.94. The SMILES string of the molecule is CCCOc1ccc(C(=O)NCc2ccc(C)cc2)cc1OCC. The quantitative estimate of drug-likeness (QED) is 0.793. The van der Waals surface area contributed by atoms with E-state index in [1.54, 1.807) is 18.2 Å². The van der Waals surface area contributed by atoms with Gasteiger partial charge in [-0.2, -0.15) is 0 Å². The highest BCUT2D eigenvalue weighted by Gasteiger charge is 2.11. The predicted octanol–water partition coefficient (Wildman–Crippen LogP) is 4.11. The third kappa shape index (κ3) is 5.01. The van der Waals surface area contributed by atoms with Crippen molar-refractivity contribution in [2.24, 2.45) is 0 Å². The van der Waals surface area contributed by atoms with E-state index in [1.807, 2.05) is 45.0 Å². The van der Waals surface area contributed by atoms with Gasteiger partial charge in [0.25, 0.3) is 5.91 Å². The summed E-state index contributed by atoms with van der Waals surface area (Å²) in [4.78, 5) is 12.4. The van der Waals surface area contributed by atoms with E-state index < -0.39 is 0 Å². The molecule has 0 unspecified atom stereocenters. The molecule has 0 heterocycles. The molecule has 1 amide bonds. The van der Waals surface area contributed by atoms with Crippen LogP contribution >= 0.6 is 0 Å². The van der Waals surface area contributed by atoms with Crippen molar-refractivity contribution < 1.29 is 14.3 Å². The van der Waals surface area contributed by atoms with Gasteiger partial charge < -0.3 is 14.8 Å². The second kappa shape index (κ2) is 8.96. The van der Waals surface area contributed by atoms with Crippen LogP contribution < -0.4 is 14.8 Å². The average molecular weight is 327 g/mol. The molecule has 0 fully saturated rings. The molecule has 0 aliphatic rings. The summed E-state index contributed by atoms with van der Waals surface area (Å²) in [5, 5.41) is 2.93. The van der Waals surface area contributed by atoms with E-state index >= 15 is 0 Å². The maximum atomic E-state index is 12.4. The summed E-state index contributed by atoms with van der Waals surface area (Å²) in [6.07, 6.45) is 0.921. The molecule has 0 bridgehead atoms. The highest BCUT2D eigenvalue weighted by atomic mass is 16.5. The van der Waals surface area contributed by atoms with Crippen LogP contribution in [0.15, 0.2) is 42.5 Å². The van der Waals surface area contributed by atoms with Gasteiger partial charge in [0, 0.05) is 12.1 Å². The second-order valence-corrected chi connectivity index (χ2v) is 5.61. The maximum Gasteiger partial charge on any atom is 0.251 e. The van der Waals surface area contributed by atoms with Crippen LogP contribution in [0.3, 0.4) is 0 Å². The Bertz CT molecular complexity index is 665. The lowest BCUT2D eigenvalue weighted by molar-refractivity contribution is 0.0950. The number of ether oxygens (including phenoxy) is 2. The molecule has 2 aromatic rings. The van der Waals surface area contributed by atoms with Crippen LogP contribution in [0.2, 0.25) is 0 Å². The van der Waals surface area contributed by atoms with Crippen molar-refractivity contribution in [3.05, 3.63) is 59.2 Å². The first-order valence-corrected chi connectivity index (χ1v) is 8.37. The molecule has 0 radical (unpaired) electrons. The Morgan fingerprint density at radius 3 is 2.42 bits per heavy atom. The van der Waals surface area contributed by atoms with E-state index in [4.69, 9.17) is 9.47 Å². The van der Waals surface area contributed by atoms with Gasteiger partial charge in [-0.15, -0.1) is 0 Å². The van der Waals surface area contributed by atoms with Crippen molar-refractivity contribution in [1.29, 1.82) is 0 Å². The summed E-state index contributed by atoms with van der Waals surface area (Å²) in [6.45, 7) is 7.65. The van der Waals surface area contributed by atoms with Crippen LogP contribution in [0.4, 0.5) is 0 Å². The van der Waals surface area contributed by atoms with E-state index in [-0.39, 0.29) is 5.91 Å². The van der Waals surface area contributed by atoms with Crippen molar-refractivity contribution in [3.8, 4) is 11.5 Å². The number of hydrogen-bond acceptors (Lipinski definition) is 3. The average Bonchev–Trinajstić information content (AvgIpc) is 2.60. The zero-order valence-electron chi connectivity index (χ0n) is 14.6. The van der Waals surface area contributed by atoms with Crippen molar-refractivity contribution in [2.75, 3.05) is 13.2 Å². The number of nitrogens with one attached hydrogen (secondary N) is 1. The lowest BCUT2D eigenvalue weighted by Gasteiger charge is -2.13. The number of amides is 1. The minimum absolute atomic E-state index is 0.126. The molecule has 2 rings (SSSR count). The summed E-state index contributed by atoms with van der Waals surface area (Å²) in [7, 11) is 0. The summed E-state index contributed by atoms with van der Waals surface area (Å²) in [5.41, 5.74) is 2.84. The number of carbonyl (C=O) groups excluding carboxylic acids is 1. The molecule has 0 aromatic heterocycles. The van der Waals surface area contributed by atoms with Gasteiger partial charge >= 0.3 is 0 Å². The Morgan fingerprint density at radius 2 is 1.75 bits per heavy atom. The van der Waals surface area contributed by atoms with Crippen LogP contribution in [0, 0.1) is 6.92 Å². The van der Waals surface area contributed by atoms with Crippen molar-refractivity contribution >= 4 is 5.91 Å². The van der Waals surface area contributed by atoms with Gasteiger partial charge in [-0.05, 0) is 44.0 Å². The van der Waals surface area contributed by atoms with Gasteiger partial charge in [0.2, 0.25) is 0 Å². The topological polar surface area (TPSA) is 47.6 Å². The van der Waals surface area contributed by atoms with Crippen molar-refractivity contribution in [1.82, 2.24) is 5.32 Å². The van der Waals surface area contributed by atoms with Gasteiger partial charge in [-0.1, -0.05) is 36.8 Å². The molecular formula is C20H25NO3. The lowest BCUT2D eigenvalue weighted by atomic mass is 10.1. The summed E-state index contributed by atoms with van der Waals surface area (Å²) >= 11 is 0. The second-order valence-electron chi connectivity index (χ2n) is 5.61. The molecule has 0 aliphatic heterocycles. The van der Waals surface area contributed by atoms with E-state index in [2.05, 4.69) is 5.32 Å². The minimum Gasteiger partial charge on any atom is -0.490 e. The predicted molar refractivity (Wildman–Crippen MR) is 95.7 cm³/mol. The molecule has 1 N–H and O–H groups in total. The maximum absolute atomic E-state index is 12.4. The Morgan fingerprint density at radius 1 is 1.00 bits per heavy atom. The van der Waals surface area contributed by atoms with Crippen LogP contribution in [0.1, 0.15) is 41.8 Å². The van der Waals surface area contributed by atoms with Crippen LogP contribution in [-0.4, -0.2) is 19.1 Å². The summed E-state index contributed by atoms with van der Waals surface area (Å²) in [5.74, 6) is 1.15. The molecule has 128 valence electrons. The highest BCUT2D eigenvalue weighted by Crippen LogP contribution is 2.28. The molecule has 24 heavy (non-hydrogen) atoms. The normalized spacial score (nSPS) is 10.3. The lowest BCUT2D eigenvalue weighted by Crippen LogP contribution is -2.22. The van der Waals surface area contributed by atoms with E-state index in [0.29, 0.717) is 36.8 Å². The Labute approximate surface area is 143 Å². The van der Waals surface area contributed by atoms with Gasteiger partial charge in [-0.25, -0.2) is 0 Å². The van der Waals surface area contributed by atoms with Crippen LogP contribution in [0.5, 0.6) is 11.5 Å². The number of hydrogen-bond donors (Lipinski definition) is 1. The monoisotopic (exact) mass is 327 g/mol.